The van der Waals surface area contributed by atoms with Crippen LogP contribution in [0.4, 0.5) is 0 Å². The lowest BCUT2D eigenvalue weighted by Gasteiger charge is -2.03. The van der Waals surface area contributed by atoms with E-state index in [9.17, 15) is 8.42 Å². The molecule has 3 rings (SSSR count). The van der Waals surface area contributed by atoms with E-state index in [2.05, 4.69) is 14.9 Å². The van der Waals surface area contributed by atoms with Crippen LogP contribution in [0.15, 0.2) is 45.0 Å². The zero-order chi connectivity index (χ0) is 17.9. The molecular formula is C16H17N3O4S2. The standard InChI is InChI=1S/C16H17N3O4S2/c1-11-7-8-15(24-11)25(20,21)17-10-9-14-18-19-16(23-14)12-5-3-4-6-13(12)22-2/h3-8,17H,9-10H2,1-2H3. The zero-order valence-electron chi connectivity index (χ0n) is 13.7. The molecule has 0 spiro atoms. The van der Waals surface area contributed by atoms with E-state index in [1.807, 2.05) is 25.1 Å². The number of sulfonamides is 1. The third-order valence-electron chi connectivity index (χ3n) is 3.42. The number of aryl methyl sites for hydroxylation is 1. The third-order valence-corrected chi connectivity index (χ3v) is 6.37. The molecule has 0 saturated carbocycles. The van der Waals surface area contributed by atoms with Gasteiger partial charge in [0.1, 0.15) is 9.96 Å². The maximum atomic E-state index is 12.2. The highest BCUT2D eigenvalue weighted by molar-refractivity contribution is 7.91. The first-order chi connectivity index (χ1) is 12.0. The molecule has 25 heavy (non-hydrogen) atoms. The van der Waals surface area contributed by atoms with E-state index in [0.29, 0.717) is 33.7 Å². The molecule has 0 bridgehead atoms. The van der Waals surface area contributed by atoms with Gasteiger partial charge in [-0.2, -0.15) is 0 Å². The Morgan fingerprint density at radius 1 is 1.20 bits per heavy atom. The lowest BCUT2D eigenvalue weighted by molar-refractivity contribution is 0.413. The average molecular weight is 379 g/mol. The van der Waals surface area contributed by atoms with Gasteiger partial charge in [-0.1, -0.05) is 12.1 Å². The topological polar surface area (TPSA) is 94.3 Å². The summed E-state index contributed by atoms with van der Waals surface area (Å²) in [5.74, 6) is 1.32. The number of benzene rings is 1. The van der Waals surface area contributed by atoms with Crippen LogP contribution in [0.3, 0.4) is 0 Å². The molecule has 9 heteroatoms. The number of hydrogen-bond acceptors (Lipinski definition) is 7. The van der Waals surface area contributed by atoms with Gasteiger partial charge in [0.25, 0.3) is 5.89 Å². The molecular weight excluding hydrogens is 362 g/mol. The van der Waals surface area contributed by atoms with Gasteiger partial charge in [-0.15, -0.1) is 21.5 Å². The molecule has 1 N–H and O–H groups in total. The average Bonchev–Trinajstić information content (AvgIpc) is 3.24. The van der Waals surface area contributed by atoms with E-state index in [1.54, 1.807) is 25.3 Å². The summed E-state index contributed by atoms with van der Waals surface area (Å²) in [4.78, 5) is 0.943. The molecule has 0 aliphatic carbocycles. The van der Waals surface area contributed by atoms with Crippen LogP contribution < -0.4 is 9.46 Å². The Balaban J connectivity index is 1.64. The number of methoxy groups -OCH3 is 1. The molecule has 2 heterocycles. The highest BCUT2D eigenvalue weighted by atomic mass is 32.2. The Bertz CT molecular complexity index is 963. The largest absolute Gasteiger partial charge is 0.496 e. The minimum absolute atomic E-state index is 0.173. The molecule has 0 atom stereocenters. The monoisotopic (exact) mass is 379 g/mol. The number of aromatic nitrogens is 2. The number of nitrogens with one attached hydrogen (secondary N) is 1. The van der Waals surface area contributed by atoms with Crippen LogP contribution in [0, 0.1) is 6.92 Å². The van der Waals surface area contributed by atoms with Crippen LogP contribution >= 0.6 is 11.3 Å². The van der Waals surface area contributed by atoms with Crippen molar-refractivity contribution in [1.82, 2.24) is 14.9 Å². The first kappa shape index (κ1) is 17.6. The van der Waals surface area contributed by atoms with Gasteiger partial charge in [0.2, 0.25) is 15.9 Å². The van der Waals surface area contributed by atoms with Crippen LogP contribution in [0.5, 0.6) is 5.75 Å². The smallest absolute Gasteiger partial charge is 0.251 e. The van der Waals surface area contributed by atoms with Crippen molar-refractivity contribution in [3.63, 3.8) is 0 Å². The Morgan fingerprint density at radius 2 is 2.00 bits per heavy atom. The van der Waals surface area contributed by atoms with Crippen molar-refractivity contribution in [2.45, 2.75) is 17.6 Å². The van der Waals surface area contributed by atoms with Crippen molar-refractivity contribution >= 4 is 21.4 Å². The molecule has 0 fully saturated rings. The number of hydrogen-bond donors (Lipinski definition) is 1. The summed E-state index contributed by atoms with van der Waals surface area (Å²) in [6, 6.07) is 10.7. The Morgan fingerprint density at radius 3 is 2.72 bits per heavy atom. The number of ether oxygens (including phenoxy) is 1. The fourth-order valence-corrected chi connectivity index (χ4v) is 4.56. The molecule has 1 aromatic carbocycles. The highest BCUT2D eigenvalue weighted by Gasteiger charge is 2.17. The predicted molar refractivity (Wildman–Crippen MR) is 94.2 cm³/mol. The van der Waals surface area contributed by atoms with E-state index in [1.165, 1.54) is 11.3 Å². The molecule has 0 saturated heterocycles. The van der Waals surface area contributed by atoms with Crippen molar-refractivity contribution in [3.05, 3.63) is 47.2 Å². The predicted octanol–water partition coefficient (Wildman–Crippen LogP) is 2.64. The van der Waals surface area contributed by atoms with E-state index in [-0.39, 0.29) is 6.54 Å². The fraction of sp³-hybridized carbons (Fsp3) is 0.250. The maximum Gasteiger partial charge on any atom is 0.251 e. The molecule has 0 aliphatic heterocycles. The molecule has 132 valence electrons. The van der Waals surface area contributed by atoms with Gasteiger partial charge in [-0.05, 0) is 31.2 Å². The number of thiophene rings is 1. The van der Waals surface area contributed by atoms with Gasteiger partial charge in [0.05, 0.1) is 12.7 Å². The minimum Gasteiger partial charge on any atom is -0.496 e. The summed E-state index contributed by atoms with van der Waals surface area (Å²) in [6.45, 7) is 2.04. The molecule has 2 aromatic heterocycles. The van der Waals surface area contributed by atoms with Gasteiger partial charge in [0, 0.05) is 17.8 Å². The molecule has 7 nitrogen and oxygen atoms in total. The zero-order valence-corrected chi connectivity index (χ0v) is 15.4. The minimum atomic E-state index is -3.51. The molecule has 3 aromatic rings. The normalized spacial score (nSPS) is 11.6. The Hall–Kier alpha value is -2.23. The fourth-order valence-electron chi connectivity index (χ4n) is 2.20. The summed E-state index contributed by atoms with van der Waals surface area (Å²) in [7, 11) is -1.94. The van der Waals surface area contributed by atoms with Crippen LogP contribution in [-0.4, -0.2) is 32.3 Å². The van der Waals surface area contributed by atoms with Crippen LogP contribution in [-0.2, 0) is 16.4 Å². The Labute approximate surface area is 149 Å². The summed E-state index contributed by atoms with van der Waals surface area (Å²) in [5.41, 5.74) is 0.693. The van der Waals surface area contributed by atoms with Crippen molar-refractivity contribution in [3.8, 4) is 17.2 Å². The summed E-state index contributed by atoms with van der Waals surface area (Å²) in [5, 5.41) is 7.96. The van der Waals surface area contributed by atoms with E-state index >= 15 is 0 Å². The second-order valence-electron chi connectivity index (χ2n) is 5.21. The maximum absolute atomic E-state index is 12.2. The van der Waals surface area contributed by atoms with Gasteiger partial charge in [0.15, 0.2) is 0 Å². The summed E-state index contributed by atoms with van der Waals surface area (Å²) < 4.78 is 38.0. The SMILES string of the molecule is COc1ccccc1-c1nnc(CCNS(=O)(=O)c2ccc(C)s2)o1. The number of para-hydroxylation sites is 1. The Kier molecular flexibility index (Phi) is 5.16. The van der Waals surface area contributed by atoms with Crippen molar-refractivity contribution in [1.29, 1.82) is 0 Å². The van der Waals surface area contributed by atoms with Crippen molar-refractivity contribution in [2.24, 2.45) is 0 Å². The second-order valence-corrected chi connectivity index (χ2v) is 8.50. The van der Waals surface area contributed by atoms with E-state index < -0.39 is 10.0 Å². The third kappa shape index (κ3) is 4.06. The van der Waals surface area contributed by atoms with Gasteiger partial charge in [-0.25, -0.2) is 13.1 Å². The van der Waals surface area contributed by atoms with Crippen molar-refractivity contribution < 1.29 is 17.6 Å². The van der Waals surface area contributed by atoms with Gasteiger partial charge in [-0.3, -0.25) is 0 Å². The van der Waals surface area contributed by atoms with Crippen molar-refractivity contribution in [2.75, 3.05) is 13.7 Å². The lowest BCUT2D eigenvalue weighted by Crippen LogP contribution is -2.25. The quantitative estimate of drug-likeness (QED) is 0.678. The first-order valence-corrected chi connectivity index (χ1v) is 9.81. The van der Waals surface area contributed by atoms with Gasteiger partial charge >= 0.3 is 0 Å². The van der Waals surface area contributed by atoms with Crippen LogP contribution in [0.25, 0.3) is 11.5 Å². The second kappa shape index (κ2) is 7.34. The lowest BCUT2D eigenvalue weighted by atomic mass is 10.2. The summed E-state index contributed by atoms with van der Waals surface area (Å²) >= 11 is 1.23. The number of nitrogens with zero attached hydrogens (tertiary/aromatic N) is 2. The van der Waals surface area contributed by atoms with Crippen LogP contribution in [0.1, 0.15) is 10.8 Å². The highest BCUT2D eigenvalue weighted by Crippen LogP contribution is 2.28. The van der Waals surface area contributed by atoms with Gasteiger partial charge < -0.3 is 9.15 Å². The number of rotatable bonds is 7. The van der Waals surface area contributed by atoms with E-state index in [0.717, 1.165) is 4.88 Å². The molecule has 0 amide bonds. The molecule has 0 aliphatic rings. The summed E-state index contributed by atoms with van der Waals surface area (Å²) in [6.07, 6.45) is 0.297. The molecule has 0 radical (unpaired) electrons. The molecule has 0 unspecified atom stereocenters. The van der Waals surface area contributed by atoms with Crippen LogP contribution in [0.2, 0.25) is 0 Å². The van der Waals surface area contributed by atoms with E-state index in [4.69, 9.17) is 9.15 Å². The first-order valence-electron chi connectivity index (χ1n) is 7.51.